The molecular weight excluding hydrogens is 280 g/mol. The summed E-state index contributed by atoms with van der Waals surface area (Å²) >= 11 is 0. The van der Waals surface area contributed by atoms with Crippen molar-refractivity contribution in [1.82, 2.24) is 20.0 Å². The number of amides is 1. The Balaban J connectivity index is 1.79. The Hall–Kier alpha value is -2.08. The zero-order valence-electron chi connectivity index (χ0n) is 13.6. The quantitative estimate of drug-likeness (QED) is 0.849. The third-order valence-corrected chi connectivity index (χ3v) is 3.85. The number of carbonyl (C=O) groups excluding carboxylic acids is 1. The molecule has 2 aromatic rings. The van der Waals surface area contributed by atoms with E-state index in [0.29, 0.717) is 13.1 Å². The van der Waals surface area contributed by atoms with Crippen LogP contribution in [0.5, 0.6) is 0 Å². The molecule has 0 fully saturated rings. The smallest absolute Gasteiger partial charge is 0.236 e. The van der Waals surface area contributed by atoms with E-state index in [4.69, 9.17) is 4.42 Å². The summed E-state index contributed by atoms with van der Waals surface area (Å²) in [6, 6.07) is 4.00. The minimum absolute atomic E-state index is 0.0343. The van der Waals surface area contributed by atoms with Crippen molar-refractivity contribution in [2.24, 2.45) is 0 Å². The van der Waals surface area contributed by atoms with Crippen molar-refractivity contribution in [2.75, 3.05) is 13.6 Å². The highest BCUT2D eigenvalue weighted by atomic mass is 16.3. The molecule has 0 aromatic carbocycles. The molecule has 6 nitrogen and oxygen atoms in total. The molecule has 0 saturated carbocycles. The predicted molar refractivity (Wildman–Crippen MR) is 84.3 cm³/mol. The van der Waals surface area contributed by atoms with Gasteiger partial charge in [-0.2, -0.15) is 5.10 Å². The zero-order valence-corrected chi connectivity index (χ0v) is 13.6. The standard InChI is InChI=1S/C16H24N4O2/c1-12-8-18-20(10-12)14(3)13(2)17-9-16(21)19(4)11-15-6-5-7-22-15/h5-8,10,13-14,17H,9,11H2,1-4H3/t13-,14-/m0/s1. The molecule has 0 unspecified atom stereocenters. The van der Waals surface area contributed by atoms with Gasteiger partial charge in [0.25, 0.3) is 0 Å². The van der Waals surface area contributed by atoms with E-state index < -0.39 is 0 Å². The Kier molecular flexibility index (Phi) is 5.38. The first-order valence-corrected chi connectivity index (χ1v) is 7.48. The number of hydrogen-bond donors (Lipinski definition) is 1. The molecule has 0 aliphatic heterocycles. The van der Waals surface area contributed by atoms with Crippen molar-refractivity contribution in [3.8, 4) is 0 Å². The fourth-order valence-electron chi connectivity index (χ4n) is 2.16. The Bertz CT molecular complexity index is 591. The molecule has 0 aliphatic carbocycles. The highest BCUT2D eigenvalue weighted by Crippen LogP contribution is 2.10. The third kappa shape index (κ3) is 4.21. The van der Waals surface area contributed by atoms with Crippen LogP contribution in [-0.4, -0.2) is 40.2 Å². The molecular formula is C16H24N4O2. The number of hydrogen-bond acceptors (Lipinski definition) is 4. The Morgan fingerprint density at radius 1 is 1.50 bits per heavy atom. The molecule has 22 heavy (non-hydrogen) atoms. The Labute approximate surface area is 131 Å². The van der Waals surface area contributed by atoms with Crippen molar-refractivity contribution < 1.29 is 9.21 Å². The maximum atomic E-state index is 12.1. The van der Waals surface area contributed by atoms with Crippen LogP contribution >= 0.6 is 0 Å². The van der Waals surface area contributed by atoms with E-state index in [1.807, 2.05) is 36.1 Å². The third-order valence-electron chi connectivity index (χ3n) is 3.85. The molecule has 2 heterocycles. The van der Waals surface area contributed by atoms with Gasteiger partial charge in [0.15, 0.2) is 0 Å². The molecule has 0 radical (unpaired) electrons. The molecule has 0 bridgehead atoms. The molecule has 120 valence electrons. The number of carbonyl (C=O) groups is 1. The van der Waals surface area contributed by atoms with Gasteiger partial charge in [0.1, 0.15) is 5.76 Å². The normalized spacial score (nSPS) is 13.8. The lowest BCUT2D eigenvalue weighted by atomic mass is 10.1. The van der Waals surface area contributed by atoms with Gasteiger partial charge in [-0.15, -0.1) is 0 Å². The van der Waals surface area contributed by atoms with Crippen LogP contribution in [-0.2, 0) is 11.3 Å². The molecule has 0 saturated heterocycles. The molecule has 2 rings (SSSR count). The topological polar surface area (TPSA) is 63.3 Å². The average molecular weight is 304 g/mol. The minimum atomic E-state index is 0.0343. The number of furan rings is 1. The SMILES string of the molecule is Cc1cnn([C@@H](C)[C@H](C)NCC(=O)N(C)Cc2ccco2)c1. The van der Waals surface area contributed by atoms with E-state index in [-0.39, 0.29) is 18.0 Å². The monoisotopic (exact) mass is 304 g/mol. The number of aromatic nitrogens is 2. The molecule has 1 amide bonds. The summed E-state index contributed by atoms with van der Waals surface area (Å²) in [6.07, 6.45) is 5.46. The van der Waals surface area contributed by atoms with Crippen molar-refractivity contribution in [3.05, 3.63) is 42.1 Å². The van der Waals surface area contributed by atoms with Gasteiger partial charge in [0.2, 0.25) is 5.91 Å². The first-order chi connectivity index (χ1) is 10.5. The van der Waals surface area contributed by atoms with Crippen molar-refractivity contribution in [2.45, 2.75) is 39.4 Å². The molecule has 1 N–H and O–H groups in total. The van der Waals surface area contributed by atoms with Gasteiger partial charge < -0.3 is 14.6 Å². The fourth-order valence-corrected chi connectivity index (χ4v) is 2.16. The second-order valence-corrected chi connectivity index (χ2v) is 5.74. The first kappa shape index (κ1) is 16.3. The van der Waals surface area contributed by atoms with Crippen molar-refractivity contribution >= 4 is 5.91 Å². The molecule has 0 aliphatic rings. The number of rotatable bonds is 7. The summed E-state index contributed by atoms with van der Waals surface area (Å²) in [6.45, 7) is 6.93. The molecule has 2 aromatic heterocycles. The van der Waals surface area contributed by atoms with Gasteiger partial charge in [-0.05, 0) is 38.5 Å². The zero-order chi connectivity index (χ0) is 16.1. The summed E-state index contributed by atoms with van der Waals surface area (Å²) in [5.41, 5.74) is 1.13. The van der Waals surface area contributed by atoms with E-state index >= 15 is 0 Å². The van der Waals surface area contributed by atoms with Crippen LogP contribution in [0.4, 0.5) is 0 Å². The van der Waals surface area contributed by atoms with Crippen LogP contribution in [0.2, 0.25) is 0 Å². The molecule has 6 heteroatoms. The lowest BCUT2D eigenvalue weighted by Crippen LogP contribution is -2.41. The second-order valence-electron chi connectivity index (χ2n) is 5.74. The van der Waals surface area contributed by atoms with Gasteiger partial charge in [-0.1, -0.05) is 0 Å². The minimum Gasteiger partial charge on any atom is -0.467 e. The largest absolute Gasteiger partial charge is 0.467 e. The highest BCUT2D eigenvalue weighted by molar-refractivity contribution is 5.77. The summed E-state index contributed by atoms with van der Waals surface area (Å²) in [5, 5.41) is 7.59. The Morgan fingerprint density at radius 2 is 2.27 bits per heavy atom. The van der Waals surface area contributed by atoms with E-state index in [1.165, 1.54) is 0 Å². The van der Waals surface area contributed by atoms with Gasteiger partial charge in [0, 0.05) is 19.3 Å². The number of aryl methyl sites for hydroxylation is 1. The number of nitrogens with one attached hydrogen (secondary N) is 1. The van der Waals surface area contributed by atoms with Gasteiger partial charge in [-0.3, -0.25) is 9.48 Å². The summed E-state index contributed by atoms with van der Waals surface area (Å²) in [5.74, 6) is 0.816. The van der Waals surface area contributed by atoms with Crippen LogP contribution in [0.15, 0.2) is 35.2 Å². The van der Waals surface area contributed by atoms with E-state index in [0.717, 1.165) is 11.3 Å². The maximum absolute atomic E-state index is 12.1. The lowest BCUT2D eigenvalue weighted by molar-refractivity contribution is -0.129. The van der Waals surface area contributed by atoms with E-state index in [1.54, 1.807) is 18.2 Å². The van der Waals surface area contributed by atoms with Crippen molar-refractivity contribution in [3.63, 3.8) is 0 Å². The number of likely N-dealkylation sites (N-methyl/N-ethyl adjacent to an activating group) is 1. The first-order valence-electron chi connectivity index (χ1n) is 7.48. The van der Waals surface area contributed by atoms with Crippen LogP contribution in [0, 0.1) is 6.92 Å². The van der Waals surface area contributed by atoms with Crippen LogP contribution in [0.25, 0.3) is 0 Å². The second kappa shape index (κ2) is 7.26. The summed E-state index contributed by atoms with van der Waals surface area (Å²) in [7, 11) is 1.78. The number of nitrogens with zero attached hydrogens (tertiary/aromatic N) is 3. The Morgan fingerprint density at radius 3 is 2.86 bits per heavy atom. The van der Waals surface area contributed by atoms with Crippen LogP contribution < -0.4 is 5.32 Å². The van der Waals surface area contributed by atoms with Gasteiger partial charge in [0.05, 0.1) is 31.6 Å². The summed E-state index contributed by atoms with van der Waals surface area (Å²) < 4.78 is 7.17. The average Bonchev–Trinajstić information content (AvgIpc) is 3.15. The highest BCUT2D eigenvalue weighted by Gasteiger charge is 2.17. The van der Waals surface area contributed by atoms with Crippen LogP contribution in [0.3, 0.4) is 0 Å². The van der Waals surface area contributed by atoms with Crippen LogP contribution in [0.1, 0.15) is 31.2 Å². The summed E-state index contributed by atoms with van der Waals surface area (Å²) in [4.78, 5) is 13.8. The predicted octanol–water partition coefficient (Wildman–Crippen LogP) is 1.98. The maximum Gasteiger partial charge on any atom is 0.236 e. The van der Waals surface area contributed by atoms with Gasteiger partial charge in [-0.25, -0.2) is 0 Å². The lowest BCUT2D eigenvalue weighted by Gasteiger charge is -2.23. The van der Waals surface area contributed by atoms with E-state index in [2.05, 4.69) is 24.3 Å². The van der Waals surface area contributed by atoms with E-state index in [9.17, 15) is 4.79 Å². The molecule has 0 spiro atoms. The molecule has 2 atom stereocenters. The fraction of sp³-hybridized carbons (Fsp3) is 0.500. The van der Waals surface area contributed by atoms with Gasteiger partial charge >= 0.3 is 0 Å². The van der Waals surface area contributed by atoms with Crippen molar-refractivity contribution in [1.29, 1.82) is 0 Å².